The van der Waals surface area contributed by atoms with Crippen molar-refractivity contribution in [2.75, 3.05) is 11.9 Å². The molecule has 0 radical (unpaired) electrons. The largest absolute Gasteiger partial charge is 0.356 e. The van der Waals surface area contributed by atoms with Gasteiger partial charge in [0.25, 0.3) is 0 Å². The van der Waals surface area contributed by atoms with Crippen molar-refractivity contribution in [3.63, 3.8) is 0 Å². The summed E-state index contributed by atoms with van der Waals surface area (Å²) >= 11 is 0. The maximum absolute atomic E-state index is 4.34. The number of hydrogen-bond acceptors (Lipinski definition) is 2. The zero-order valence-electron chi connectivity index (χ0n) is 7.78. The fourth-order valence-electron chi connectivity index (χ4n) is 1.20. The van der Waals surface area contributed by atoms with Crippen LogP contribution >= 0.6 is 24.8 Å². The van der Waals surface area contributed by atoms with Crippen molar-refractivity contribution < 1.29 is 0 Å². The average molecular weight is 234 g/mol. The Bertz CT molecular complexity index is 353. The van der Waals surface area contributed by atoms with Gasteiger partial charge in [-0.3, -0.25) is 0 Å². The Kier molecular flexibility index (Phi) is 5.35. The van der Waals surface area contributed by atoms with E-state index in [1.165, 1.54) is 0 Å². The Morgan fingerprint density at radius 2 is 2.00 bits per heavy atom. The number of nitrogens with one attached hydrogen (secondary N) is 2. The molecule has 2 N–H and O–H groups in total. The molecule has 1 aromatic carbocycles. The average Bonchev–Trinajstić information content (AvgIpc) is 2.47. The molecular formula is C9H13Cl2N3. The van der Waals surface area contributed by atoms with Crippen molar-refractivity contribution in [2.24, 2.45) is 0 Å². The highest BCUT2D eigenvalue weighted by Crippen LogP contribution is 2.12. The van der Waals surface area contributed by atoms with E-state index in [4.69, 9.17) is 0 Å². The monoisotopic (exact) mass is 233 g/mol. The zero-order valence-corrected chi connectivity index (χ0v) is 9.41. The first-order chi connectivity index (χ1) is 5.90. The van der Waals surface area contributed by atoms with Gasteiger partial charge >= 0.3 is 0 Å². The second kappa shape index (κ2) is 5.73. The number of anilines is 1. The minimum atomic E-state index is 0. The van der Waals surface area contributed by atoms with E-state index in [0.29, 0.717) is 0 Å². The number of H-pyrrole nitrogens is 1. The smallest absolute Gasteiger partial charge is 0.201 e. The van der Waals surface area contributed by atoms with E-state index in [-0.39, 0.29) is 24.8 Å². The number of benzene rings is 1. The fourth-order valence-corrected chi connectivity index (χ4v) is 1.20. The first-order valence-corrected chi connectivity index (χ1v) is 4.09. The van der Waals surface area contributed by atoms with Crippen LogP contribution in [-0.2, 0) is 0 Å². The number of fused-ring (bicyclic) bond motifs is 1. The first kappa shape index (κ1) is 13.1. The van der Waals surface area contributed by atoms with Gasteiger partial charge in [-0.25, -0.2) is 4.98 Å². The standard InChI is InChI=1S/C9H11N3.2ClH/c1-2-10-9-11-7-5-3-4-6-8(7)12-9;;/h3-6H,2H2,1H3,(H2,10,11,12);2*1H. The number of para-hydroxylation sites is 2. The summed E-state index contributed by atoms with van der Waals surface area (Å²) in [5, 5.41) is 3.13. The molecule has 1 heterocycles. The lowest BCUT2D eigenvalue weighted by Crippen LogP contribution is -1.97. The maximum Gasteiger partial charge on any atom is 0.201 e. The van der Waals surface area contributed by atoms with Crippen LogP contribution < -0.4 is 5.32 Å². The van der Waals surface area contributed by atoms with E-state index in [0.717, 1.165) is 23.5 Å². The molecule has 78 valence electrons. The maximum atomic E-state index is 4.34. The summed E-state index contributed by atoms with van der Waals surface area (Å²) in [4.78, 5) is 7.51. The van der Waals surface area contributed by atoms with E-state index in [2.05, 4.69) is 15.3 Å². The van der Waals surface area contributed by atoms with Crippen molar-refractivity contribution in [2.45, 2.75) is 6.92 Å². The van der Waals surface area contributed by atoms with Crippen LogP contribution in [0.2, 0.25) is 0 Å². The molecule has 0 saturated heterocycles. The van der Waals surface area contributed by atoms with Crippen molar-refractivity contribution in [1.82, 2.24) is 9.97 Å². The van der Waals surface area contributed by atoms with Gasteiger partial charge in [-0.15, -0.1) is 24.8 Å². The second-order valence-corrected chi connectivity index (χ2v) is 2.63. The fraction of sp³-hybridized carbons (Fsp3) is 0.222. The molecule has 3 nitrogen and oxygen atoms in total. The zero-order chi connectivity index (χ0) is 8.39. The minimum Gasteiger partial charge on any atom is -0.356 e. The third-order valence-corrected chi connectivity index (χ3v) is 1.73. The van der Waals surface area contributed by atoms with E-state index < -0.39 is 0 Å². The third-order valence-electron chi connectivity index (χ3n) is 1.73. The first-order valence-electron chi connectivity index (χ1n) is 4.09. The number of halogens is 2. The second-order valence-electron chi connectivity index (χ2n) is 2.63. The molecule has 0 unspecified atom stereocenters. The van der Waals surface area contributed by atoms with Crippen molar-refractivity contribution >= 4 is 41.8 Å². The van der Waals surface area contributed by atoms with Crippen LogP contribution in [0.4, 0.5) is 5.95 Å². The molecule has 0 atom stereocenters. The lowest BCUT2D eigenvalue weighted by Gasteiger charge is -1.93. The highest BCUT2D eigenvalue weighted by molar-refractivity contribution is 5.85. The molecule has 0 aliphatic rings. The van der Waals surface area contributed by atoms with Gasteiger partial charge in [0, 0.05) is 6.54 Å². The number of aromatic nitrogens is 2. The van der Waals surface area contributed by atoms with Crippen LogP contribution in [0.25, 0.3) is 11.0 Å². The SMILES string of the molecule is CCNc1nc2ccccc2[nH]1.Cl.Cl. The molecule has 0 fully saturated rings. The van der Waals surface area contributed by atoms with E-state index in [1.54, 1.807) is 0 Å². The molecule has 0 saturated carbocycles. The molecule has 5 heteroatoms. The number of aromatic amines is 1. The van der Waals surface area contributed by atoms with Crippen LogP contribution in [0, 0.1) is 0 Å². The molecule has 2 rings (SSSR count). The predicted octanol–water partition coefficient (Wildman–Crippen LogP) is 2.84. The van der Waals surface area contributed by atoms with E-state index in [1.807, 2.05) is 31.2 Å². The number of hydrogen-bond donors (Lipinski definition) is 2. The minimum absolute atomic E-state index is 0. The van der Waals surface area contributed by atoms with Crippen LogP contribution in [0.3, 0.4) is 0 Å². The van der Waals surface area contributed by atoms with Crippen LogP contribution in [0.15, 0.2) is 24.3 Å². The van der Waals surface area contributed by atoms with Gasteiger partial charge in [-0.2, -0.15) is 0 Å². The van der Waals surface area contributed by atoms with Gasteiger partial charge in [-0.05, 0) is 19.1 Å². The van der Waals surface area contributed by atoms with E-state index >= 15 is 0 Å². The normalized spacial score (nSPS) is 8.93. The van der Waals surface area contributed by atoms with Crippen LogP contribution in [0.1, 0.15) is 6.92 Å². The summed E-state index contributed by atoms with van der Waals surface area (Å²) in [5.41, 5.74) is 2.09. The molecular weight excluding hydrogens is 221 g/mol. The molecule has 2 aromatic rings. The predicted molar refractivity (Wildman–Crippen MR) is 64.8 cm³/mol. The summed E-state index contributed by atoms with van der Waals surface area (Å²) in [6.07, 6.45) is 0. The van der Waals surface area contributed by atoms with Crippen molar-refractivity contribution in [3.8, 4) is 0 Å². The number of rotatable bonds is 2. The highest BCUT2D eigenvalue weighted by Gasteiger charge is 1.98. The third kappa shape index (κ3) is 2.53. The highest BCUT2D eigenvalue weighted by atomic mass is 35.5. The van der Waals surface area contributed by atoms with Gasteiger partial charge in [0.1, 0.15) is 0 Å². The van der Waals surface area contributed by atoms with Gasteiger partial charge in [-0.1, -0.05) is 12.1 Å². The topological polar surface area (TPSA) is 40.7 Å². The Morgan fingerprint density at radius 1 is 1.29 bits per heavy atom. The summed E-state index contributed by atoms with van der Waals surface area (Å²) in [6, 6.07) is 7.99. The molecule has 0 bridgehead atoms. The molecule has 1 aromatic heterocycles. The molecule has 14 heavy (non-hydrogen) atoms. The molecule has 0 spiro atoms. The van der Waals surface area contributed by atoms with Gasteiger partial charge in [0.05, 0.1) is 11.0 Å². The van der Waals surface area contributed by atoms with Crippen LogP contribution in [0.5, 0.6) is 0 Å². The number of nitrogens with zero attached hydrogens (tertiary/aromatic N) is 1. The summed E-state index contributed by atoms with van der Waals surface area (Å²) in [5.74, 6) is 0.846. The van der Waals surface area contributed by atoms with Gasteiger partial charge < -0.3 is 10.3 Å². The van der Waals surface area contributed by atoms with Gasteiger partial charge in [0.2, 0.25) is 5.95 Å². The van der Waals surface area contributed by atoms with Crippen LogP contribution in [-0.4, -0.2) is 16.5 Å². The Hall–Kier alpha value is -0.930. The molecule has 0 aliphatic carbocycles. The van der Waals surface area contributed by atoms with Gasteiger partial charge in [0.15, 0.2) is 0 Å². The van der Waals surface area contributed by atoms with Crippen molar-refractivity contribution in [1.29, 1.82) is 0 Å². The number of imidazole rings is 1. The summed E-state index contributed by atoms with van der Waals surface area (Å²) in [6.45, 7) is 2.94. The van der Waals surface area contributed by atoms with E-state index in [9.17, 15) is 0 Å². The molecule has 0 aliphatic heterocycles. The summed E-state index contributed by atoms with van der Waals surface area (Å²) in [7, 11) is 0. The quantitative estimate of drug-likeness (QED) is 0.838. The molecule has 0 amide bonds. The van der Waals surface area contributed by atoms with Crippen molar-refractivity contribution in [3.05, 3.63) is 24.3 Å². The Balaban J connectivity index is 0.000000845. The Morgan fingerprint density at radius 3 is 2.64 bits per heavy atom. The lowest BCUT2D eigenvalue weighted by molar-refractivity contribution is 1.14. The Labute approximate surface area is 95.1 Å². The summed E-state index contributed by atoms with van der Waals surface area (Å²) < 4.78 is 0. The lowest BCUT2D eigenvalue weighted by atomic mass is 10.3.